The first-order chi connectivity index (χ1) is 57.7. The van der Waals surface area contributed by atoms with E-state index in [9.17, 15) is 20.1 Å². The maximum Gasteiger partial charge on any atom is 0.308 e. The van der Waals surface area contributed by atoms with Gasteiger partial charge in [0, 0.05) is 118 Å². The van der Waals surface area contributed by atoms with Crippen LogP contribution >= 0.6 is 235 Å². The molecule has 0 fully saturated rings. The summed E-state index contributed by atoms with van der Waals surface area (Å²) in [5, 5.41) is 37.8. The fourth-order valence-electron chi connectivity index (χ4n) is 16.6. The number of aliphatic hydroxyl groups excluding tert-OH is 1. The monoisotopic (exact) mass is 2160 g/mol. The molecule has 0 aliphatic carbocycles. The zero-order valence-corrected chi connectivity index (χ0v) is 103. The van der Waals surface area contributed by atoms with Crippen molar-refractivity contribution in [3.63, 3.8) is 0 Å². The Hall–Kier alpha value is 2.19. The number of thioether (sulfide) groups is 20. The van der Waals surface area contributed by atoms with Crippen molar-refractivity contribution >= 4 is 308 Å². The molecule has 3 N–H and O–H groups in total. The van der Waals surface area contributed by atoms with Crippen LogP contribution in [0.4, 0.5) is 0 Å². The Morgan fingerprint density at radius 1 is 0.341 bits per heavy atom. The number of benzene rings is 6. The van der Waals surface area contributed by atoms with E-state index in [1.54, 1.807) is 79.5 Å². The molecule has 0 aromatic heterocycles. The summed E-state index contributed by atoms with van der Waals surface area (Å²) in [4.78, 5) is 41.8. The maximum atomic E-state index is 12.2. The molecule has 0 bridgehead atoms. The third-order valence-corrected chi connectivity index (χ3v) is 64.8. The van der Waals surface area contributed by atoms with Crippen LogP contribution in [-0.2, 0) is 20.7 Å². The van der Waals surface area contributed by atoms with E-state index in [1.807, 2.05) is 84.6 Å². The summed E-state index contributed by atoms with van der Waals surface area (Å²) < 4.78 is 10.3. The largest absolute Gasteiger partial charge is 0.466 e. The van der Waals surface area contributed by atoms with Gasteiger partial charge in [-0.15, -0.1) is 238 Å². The van der Waals surface area contributed by atoms with E-state index in [0.29, 0.717) is 13.0 Å². The fraction of sp³-hybridized carbons (Fsp3) is 0.568. The van der Waals surface area contributed by atoms with Gasteiger partial charge in [-0.1, -0.05) is 122 Å². The van der Waals surface area contributed by atoms with Gasteiger partial charge in [0.25, 0.3) is 4.45 Å². The number of aliphatic hydroxyl groups is 3. The number of rotatable bonds is 16. The molecule has 10 aliphatic rings. The van der Waals surface area contributed by atoms with Crippen molar-refractivity contribution in [1.29, 1.82) is 0 Å². The molecule has 0 saturated carbocycles. The number of hydrogen-bond donors (Lipinski definition) is 3. The Morgan fingerprint density at radius 3 is 0.857 bits per heavy atom. The van der Waals surface area contributed by atoms with Gasteiger partial charge in [-0.25, -0.2) is 0 Å². The van der Waals surface area contributed by atoms with E-state index in [0.717, 1.165) is 46.6 Å². The average Bonchev–Trinajstić information content (AvgIpc) is 1.60. The Labute approximate surface area is 851 Å². The molecule has 6 aromatic rings. The Kier molecular flexibility index (Phi) is 35.6. The number of fused-ring (bicyclic) bond motifs is 10. The minimum atomic E-state index is -1.76. The van der Waals surface area contributed by atoms with Gasteiger partial charge in [0.15, 0.2) is 0 Å². The molecule has 6 aromatic carbocycles. The van der Waals surface area contributed by atoms with Gasteiger partial charge in [0.1, 0.15) is 0 Å². The van der Waals surface area contributed by atoms with E-state index in [2.05, 4.69) is 428 Å². The lowest BCUT2D eigenvalue weighted by Crippen LogP contribution is -2.44. The van der Waals surface area contributed by atoms with Crippen LogP contribution in [0.3, 0.4) is 0 Å². The lowest BCUT2D eigenvalue weighted by molar-refractivity contribution is -0.143. The normalized spacial score (nSPS) is 22.4. The molecule has 31 heteroatoms. The molecule has 0 amide bonds. The first-order valence-corrected chi connectivity index (χ1v) is 76.8. The first kappa shape index (κ1) is 110. The number of hydrogen-bond acceptors (Lipinski definition) is 26. The van der Waals surface area contributed by atoms with E-state index in [-0.39, 0.29) is 49.3 Å². The zero-order valence-electron chi connectivity index (χ0n) is 81.6. The van der Waals surface area contributed by atoms with Crippen molar-refractivity contribution in [2.75, 3.05) is 26.9 Å². The van der Waals surface area contributed by atoms with Crippen LogP contribution in [0, 0.1) is 34.6 Å². The predicted molar refractivity (Wildman–Crippen MR) is 606 cm³/mol. The second kappa shape index (κ2) is 40.7. The second-order valence-electron chi connectivity index (χ2n) is 41.0. The number of methoxy groups -OCH3 is 1. The van der Waals surface area contributed by atoms with Crippen molar-refractivity contribution in [2.45, 2.75) is 408 Å². The molecule has 10 aliphatic heterocycles. The van der Waals surface area contributed by atoms with Gasteiger partial charge in [-0.2, -0.15) is 0 Å². The van der Waals surface area contributed by atoms with Crippen LogP contribution in [0.5, 0.6) is 0 Å². The molecule has 0 spiro atoms. The standard InChI is InChI=1S/C23H30S4Si.C19H28O2S4Si.C18H28OS4Si.C16H24S4Si.C15H22O3S4Si.2C2H4/c1-15-17-19(26-22(2,3)24-17)21(20-18(15)25-23(4,5)27-20)28(6,7)14-13-16-11-9-8-10-12-16;1-9-21-12(20)10-19(5)24-14-11(2)13-15(23-18(3,4)22-13)17(16(14)25-19)26(6,7)8;1-11-12-14(21-17(2,3)20-12)16(24(6,7)8)15-13(11)22-18(4,23-15)9-10-19-5;1-9-10-12(19-15(2,3)17-10)14(21(6,7)8)13-11(9)18-16(4,5)20-13;1-8-9-11(20-14(2,19-9)6-7-16)13(23(3,4)5)12-10(8)21-15(17,18)22-12;2*1-2/h8-12H,13-14H2,1-7H3;9-10H2,1-8H3;9-10H2,1-8H3;1-8H3;16-18H,6-7H2,1-5H3;2*1-2H2. The summed E-state index contributed by atoms with van der Waals surface area (Å²) in [6.07, 6.45) is 3.48. The minimum Gasteiger partial charge on any atom is -0.466 e. The molecule has 3 unspecified atom stereocenters. The van der Waals surface area contributed by atoms with Gasteiger partial charge in [-0.3, -0.25) is 4.79 Å². The highest BCUT2D eigenvalue weighted by Gasteiger charge is 2.53. The van der Waals surface area contributed by atoms with E-state index >= 15 is 0 Å². The van der Waals surface area contributed by atoms with E-state index < -0.39 is 44.8 Å². The predicted octanol–water partition coefficient (Wildman–Crippen LogP) is 32.4. The lowest BCUT2D eigenvalue weighted by Gasteiger charge is -2.29. The Morgan fingerprint density at radius 2 is 0.571 bits per heavy atom. The molecule has 16 rings (SSSR count). The summed E-state index contributed by atoms with van der Waals surface area (Å²) in [5.41, 5.74) is 8.63. The zero-order chi connectivity index (χ0) is 94.7. The third-order valence-electron chi connectivity index (χ3n) is 21.9. The molecular weight excluding hydrogens is 2020 g/mol. The fourth-order valence-corrected chi connectivity index (χ4v) is 66.1. The molecule has 10 heterocycles. The number of ether oxygens (including phenoxy) is 2. The summed E-state index contributed by atoms with van der Waals surface area (Å²) in [6, 6.07) is 12.4. The van der Waals surface area contributed by atoms with E-state index in [4.69, 9.17) is 9.47 Å². The second-order valence-corrected chi connectivity index (χ2v) is 99.4. The summed E-state index contributed by atoms with van der Waals surface area (Å²) >= 11 is 39.0. The van der Waals surface area contributed by atoms with Gasteiger partial charge in [-0.05, 0) is 254 Å². The molecule has 3 atom stereocenters. The summed E-state index contributed by atoms with van der Waals surface area (Å²) in [7, 11) is -5.78. The number of aryl methyl sites for hydroxylation is 1. The van der Waals surface area contributed by atoms with Gasteiger partial charge in [0.05, 0.1) is 90.1 Å². The van der Waals surface area contributed by atoms with Gasteiger partial charge < -0.3 is 24.8 Å². The van der Waals surface area contributed by atoms with Crippen molar-refractivity contribution in [1.82, 2.24) is 0 Å². The van der Waals surface area contributed by atoms with Crippen LogP contribution < -0.4 is 25.9 Å². The Bertz CT molecular complexity index is 5070. The highest BCUT2D eigenvalue weighted by molar-refractivity contribution is 8.25. The molecule has 0 saturated heterocycles. The number of carbonyl (C=O) groups is 1. The maximum absolute atomic E-state index is 12.2. The van der Waals surface area contributed by atoms with Crippen LogP contribution in [0.2, 0.25) is 97.7 Å². The number of carbonyl (C=O) groups excluding carboxylic acids is 1. The first-order valence-electron chi connectivity index (χ1n) is 43.3. The number of esters is 1. The van der Waals surface area contributed by atoms with Crippen LogP contribution in [0.1, 0.15) is 163 Å². The van der Waals surface area contributed by atoms with Crippen LogP contribution in [0.15, 0.2) is 155 Å². The average molecular weight is 2160 g/mol. The molecule has 6 nitrogen and oxygen atoms in total. The Balaban J connectivity index is 0.000000163. The summed E-state index contributed by atoms with van der Waals surface area (Å²) in [6.45, 7) is 96.4. The van der Waals surface area contributed by atoms with Crippen molar-refractivity contribution < 1.29 is 29.6 Å². The third kappa shape index (κ3) is 24.7. The lowest BCUT2D eigenvalue weighted by atomic mass is 10.2. The topological polar surface area (TPSA) is 96.2 Å². The molecular formula is C95H140O6S20Si5. The van der Waals surface area contributed by atoms with Crippen molar-refractivity contribution in [2.24, 2.45) is 0 Å². The van der Waals surface area contributed by atoms with Gasteiger partial charge in [0.2, 0.25) is 0 Å². The van der Waals surface area contributed by atoms with Crippen LogP contribution in [-0.4, -0.2) is 130 Å². The van der Waals surface area contributed by atoms with Gasteiger partial charge >= 0.3 is 5.97 Å². The van der Waals surface area contributed by atoms with Crippen molar-refractivity contribution in [3.05, 3.63) is 90.0 Å². The molecule has 126 heavy (non-hydrogen) atoms. The highest BCUT2D eigenvalue weighted by atomic mass is 32.2. The van der Waals surface area contributed by atoms with Crippen molar-refractivity contribution in [3.8, 4) is 0 Å². The summed E-state index contributed by atoms with van der Waals surface area (Å²) in [5.74, 6) is -0.0903. The van der Waals surface area contributed by atoms with Crippen LogP contribution in [0.25, 0.3) is 0 Å². The van der Waals surface area contributed by atoms with E-state index in [1.165, 1.54) is 86.6 Å². The smallest absolute Gasteiger partial charge is 0.308 e. The molecule has 696 valence electrons. The SMILES string of the molecule is C=C.C=C.CCOC(=O)CC1(C)Sc2c(C)c3c(c([Si](C)(C)C)c2S1)SC(C)(C)S3.COCCC1(C)Sc2c(C)c3c(c([Si](C)(C)C)c2S1)SC(C)(C)S3.Cc1c2c(c([Si](C)(C)C)c3c1SC(C)(C)S3)SC(C)(C)S2.Cc1c2c(c([Si](C)(C)C)c3c1SC(C)(CCO)S3)SC(O)(O)S2.Cc1c2c(c([Si](C)(C)CCc3ccccc3)c3c1SC(C)(C)S3)SC(C)(C)S2. The molecule has 0 radical (unpaired) electrons. The minimum absolute atomic E-state index is 0.0455. The highest BCUT2D eigenvalue weighted by Crippen LogP contribution is 2.70. The quantitative estimate of drug-likeness (QED) is 0.0371.